The molecule has 1 aliphatic carbocycles. The molecule has 2 unspecified atom stereocenters. The van der Waals surface area contributed by atoms with Crippen molar-refractivity contribution in [2.24, 2.45) is 0 Å². The first-order valence-corrected chi connectivity index (χ1v) is 10.5. The van der Waals surface area contributed by atoms with E-state index < -0.39 is 5.60 Å². The van der Waals surface area contributed by atoms with Crippen LogP contribution in [0.15, 0.2) is 36.7 Å². The minimum Gasteiger partial charge on any atom is -0.383 e. The van der Waals surface area contributed by atoms with Crippen LogP contribution in [0.25, 0.3) is 10.9 Å². The van der Waals surface area contributed by atoms with Crippen LogP contribution in [0, 0.1) is 6.92 Å². The van der Waals surface area contributed by atoms with Gasteiger partial charge in [-0.2, -0.15) is 0 Å². The van der Waals surface area contributed by atoms with Crippen molar-refractivity contribution < 1.29 is 5.11 Å². The predicted octanol–water partition coefficient (Wildman–Crippen LogP) is 4.12. The first kappa shape index (κ1) is 17.9. The third-order valence-electron chi connectivity index (χ3n) is 6.99. The van der Waals surface area contributed by atoms with Crippen LogP contribution >= 0.6 is 0 Å². The Balaban J connectivity index is 1.73. The van der Waals surface area contributed by atoms with Gasteiger partial charge in [0.05, 0.1) is 6.04 Å². The Labute approximate surface area is 166 Å². The number of aliphatic hydroxyl groups is 1. The molecule has 2 aliphatic rings. The zero-order valence-electron chi connectivity index (χ0n) is 17.1. The maximum Gasteiger partial charge on any atom is 0.110 e. The Morgan fingerprint density at radius 1 is 1.21 bits per heavy atom. The molecule has 0 spiro atoms. The van der Waals surface area contributed by atoms with Crippen molar-refractivity contribution >= 4 is 10.9 Å². The zero-order valence-corrected chi connectivity index (χ0v) is 17.1. The highest BCUT2D eigenvalue weighted by molar-refractivity contribution is 5.86. The van der Waals surface area contributed by atoms with E-state index in [1.165, 1.54) is 33.3 Å². The number of aryl methyl sites for hydroxylation is 2. The second-order valence-corrected chi connectivity index (χ2v) is 8.79. The van der Waals surface area contributed by atoms with Crippen molar-refractivity contribution in [2.45, 2.75) is 57.7 Å². The molecule has 0 saturated heterocycles. The standard InChI is InChI=1S/C24H29N3O/c1-16-6-7-22-20(13-16)19-9-12-26(3)15-23(19)27(22)17(2)24(28)10-4-5-18-14-25-11-8-21(18)24/h6-8,11,13-14,17,28H,4-5,9-10,12,15H2,1-3H3. The molecule has 146 valence electrons. The fraction of sp³-hybridized carbons (Fsp3) is 0.458. The number of hydrogen-bond acceptors (Lipinski definition) is 3. The van der Waals surface area contributed by atoms with E-state index in [0.717, 1.165) is 44.3 Å². The Kier molecular flexibility index (Phi) is 4.11. The summed E-state index contributed by atoms with van der Waals surface area (Å²) in [6.07, 6.45) is 7.63. The third kappa shape index (κ3) is 2.55. The molecule has 3 aromatic rings. The van der Waals surface area contributed by atoms with Crippen molar-refractivity contribution in [3.05, 3.63) is 64.6 Å². The summed E-state index contributed by atoms with van der Waals surface area (Å²) in [7, 11) is 2.19. The monoisotopic (exact) mass is 375 g/mol. The maximum absolute atomic E-state index is 12.0. The second-order valence-electron chi connectivity index (χ2n) is 8.79. The average molecular weight is 376 g/mol. The molecule has 28 heavy (non-hydrogen) atoms. The zero-order chi connectivity index (χ0) is 19.5. The Morgan fingerprint density at radius 2 is 2.07 bits per heavy atom. The summed E-state index contributed by atoms with van der Waals surface area (Å²) in [5.74, 6) is 0. The number of benzene rings is 1. The van der Waals surface area contributed by atoms with E-state index in [4.69, 9.17) is 0 Å². The molecule has 1 N–H and O–H groups in total. The lowest BCUT2D eigenvalue weighted by molar-refractivity contribution is -0.0268. The number of fused-ring (bicyclic) bond motifs is 4. The molecule has 0 amide bonds. The van der Waals surface area contributed by atoms with E-state index in [1.54, 1.807) is 0 Å². The van der Waals surface area contributed by atoms with Crippen LogP contribution in [0.2, 0.25) is 0 Å². The molecule has 4 heteroatoms. The van der Waals surface area contributed by atoms with Crippen LogP contribution in [0.3, 0.4) is 0 Å². The summed E-state index contributed by atoms with van der Waals surface area (Å²) in [6.45, 7) is 6.39. The number of pyridine rings is 1. The average Bonchev–Trinajstić information content (AvgIpc) is 3.00. The van der Waals surface area contributed by atoms with Crippen molar-refractivity contribution in [3.8, 4) is 0 Å². The molecule has 0 saturated carbocycles. The molecule has 4 nitrogen and oxygen atoms in total. The summed E-state index contributed by atoms with van der Waals surface area (Å²) in [4.78, 5) is 6.69. The van der Waals surface area contributed by atoms with Gasteiger partial charge in [-0.05, 0) is 81.5 Å². The van der Waals surface area contributed by atoms with Crippen LogP contribution in [0.4, 0.5) is 0 Å². The minimum absolute atomic E-state index is 0.0330. The normalized spacial score (nSPS) is 23.4. The summed E-state index contributed by atoms with van der Waals surface area (Å²) >= 11 is 0. The van der Waals surface area contributed by atoms with Crippen molar-refractivity contribution in [3.63, 3.8) is 0 Å². The second kappa shape index (κ2) is 6.43. The van der Waals surface area contributed by atoms with E-state index in [-0.39, 0.29) is 6.04 Å². The van der Waals surface area contributed by atoms with E-state index in [1.807, 2.05) is 18.5 Å². The Morgan fingerprint density at radius 3 is 2.93 bits per heavy atom. The van der Waals surface area contributed by atoms with E-state index in [9.17, 15) is 5.11 Å². The maximum atomic E-state index is 12.0. The molecular weight excluding hydrogens is 346 g/mol. The van der Waals surface area contributed by atoms with Gasteiger partial charge in [0.2, 0.25) is 0 Å². The van der Waals surface area contributed by atoms with Crippen LogP contribution < -0.4 is 0 Å². The fourth-order valence-electron chi connectivity index (χ4n) is 5.46. The fourth-order valence-corrected chi connectivity index (χ4v) is 5.46. The molecule has 0 bridgehead atoms. The highest BCUT2D eigenvalue weighted by Gasteiger charge is 2.42. The van der Waals surface area contributed by atoms with Gasteiger partial charge in [0, 0.05) is 42.1 Å². The van der Waals surface area contributed by atoms with Gasteiger partial charge < -0.3 is 14.6 Å². The highest BCUT2D eigenvalue weighted by atomic mass is 16.3. The largest absolute Gasteiger partial charge is 0.383 e. The summed E-state index contributed by atoms with van der Waals surface area (Å²) < 4.78 is 2.44. The van der Waals surface area contributed by atoms with Gasteiger partial charge in [-0.25, -0.2) is 0 Å². The highest BCUT2D eigenvalue weighted by Crippen LogP contribution is 2.45. The molecule has 3 heterocycles. The SMILES string of the molecule is Cc1ccc2c(c1)c1c(n2C(C)C2(O)CCCc3cnccc32)CN(C)CC1. The molecule has 1 aliphatic heterocycles. The quantitative estimate of drug-likeness (QED) is 0.733. The number of likely N-dealkylation sites (N-methyl/N-ethyl adjacent to an activating group) is 1. The van der Waals surface area contributed by atoms with Crippen molar-refractivity contribution in [1.29, 1.82) is 0 Å². The molecule has 2 aromatic heterocycles. The lowest BCUT2D eigenvalue weighted by Gasteiger charge is -2.41. The lowest BCUT2D eigenvalue weighted by Crippen LogP contribution is -2.40. The molecule has 1 aromatic carbocycles. The van der Waals surface area contributed by atoms with Gasteiger partial charge in [0.15, 0.2) is 0 Å². The van der Waals surface area contributed by atoms with Crippen LogP contribution in [0.5, 0.6) is 0 Å². The smallest absolute Gasteiger partial charge is 0.110 e. The first-order chi connectivity index (χ1) is 13.5. The predicted molar refractivity (Wildman–Crippen MR) is 112 cm³/mol. The van der Waals surface area contributed by atoms with Crippen LogP contribution in [-0.4, -0.2) is 33.1 Å². The van der Waals surface area contributed by atoms with Gasteiger partial charge in [0.1, 0.15) is 5.60 Å². The number of hydrogen-bond donors (Lipinski definition) is 1. The molecule has 0 fully saturated rings. The van der Waals surface area contributed by atoms with Gasteiger partial charge in [-0.3, -0.25) is 4.98 Å². The summed E-state index contributed by atoms with van der Waals surface area (Å²) in [5.41, 5.74) is 6.79. The number of nitrogens with zero attached hydrogens (tertiary/aromatic N) is 3. The Hall–Kier alpha value is -2.17. The van der Waals surface area contributed by atoms with E-state index >= 15 is 0 Å². The summed E-state index contributed by atoms with van der Waals surface area (Å²) in [5, 5.41) is 13.3. The minimum atomic E-state index is -0.864. The van der Waals surface area contributed by atoms with Gasteiger partial charge in [-0.1, -0.05) is 11.6 Å². The van der Waals surface area contributed by atoms with Crippen molar-refractivity contribution in [2.75, 3.05) is 13.6 Å². The van der Waals surface area contributed by atoms with Gasteiger partial charge in [-0.15, -0.1) is 0 Å². The van der Waals surface area contributed by atoms with Crippen molar-refractivity contribution in [1.82, 2.24) is 14.5 Å². The van der Waals surface area contributed by atoms with E-state index in [0.29, 0.717) is 0 Å². The lowest BCUT2D eigenvalue weighted by atomic mass is 9.75. The van der Waals surface area contributed by atoms with Crippen LogP contribution in [0.1, 0.15) is 53.8 Å². The van der Waals surface area contributed by atoms with Crippen LogP contribution in [-0.2, 0) is 25.0 Å². The van der Waals surface area contributed by atoms with Gasteiger partial charge in [0.25, 0.3) is 0 Å². The Bertz CT molecular complexity index is 1050. The third-order valence-corrected chi connectivity index (χ3v) is 6.99. The number of rotatable bonds is 2. The first-order valence-electron chi connectivity index (χ1n) is 10.5. The number of aromatic nitrogens is 2. The van der Waals surface area contributed by atoms with Gasteiger partial charge >= 0.3 is 0 Å². The molecule has 0 radical (unpaired) electrons. The molecule has 2 atom stereocenters. The molecular formula is C24H29N3O. The molecule has 5 rings (SSSR count). The van der Waals surface area contributed by atoms with E-state index in [2.05, 4.69) is 53.5 Å². The topological polar surface area (TPSA) is 41.3 Å². The summed E-state index contributed by atoms with van der Waals surface area (Å²) in [6, 6.07) is 8.77.